The topological polar surface area (TPSA) is 18.5 Å². The molecule has 0 radical (unpaired) electrons. The molecule has 3 rings (SSSR count). The van der Waals surface area contributed by atoms with Crippen molar-refractivity contribution in [3.05, 3.63) is 48.0 Å². The number of benzene rings is 2. The summed E-state index contributed by atoms with van der Waals surface area (Å²) in [4.78, 5) is 2.30. The second-order valence-corrected chi connectivity index (χ2v) is 6.90. The third-order valence-electron chi connectivity index (χ3n) is 3.76. The minimum absolute atomic E-state index is 0.507. The molecule has 0 spiro atoms. The predicted molar refractivity (Wildman–Crippen MR) is 91.3 cm³/mol. The van der Waals surface area contributed by atoms with Gasteiger partial charge in [-0.05, 0) is 48.6 Å². The highest BCUT2D eigenvalue weighted by atomic mass is 32.2. The number of hydrogen-bond donors (Lipinski definition) is 0. The van der Waals surface area contributed by atoms with Gasteiger partial charge in [-0.1, -0.05) is 43.8 Å². The summed E-state index contributed by atoms with van der Waals surface area (Å²) in [6.07, 6.45) is 2.02. The molecule has 0 aromatic heterocycles. The predicted octanol–water partition coefficient (Wildman–Crippen LogP) is 5.51. The van der Waals surface area contributed by atoms with E-state index < -0.39 is 0 Å². The first-order valence-electron chi connectivity index (χ1n) is 7.90. The second kappa shape index (κ2) is 7.10. The normalized spacial score (nSPS) is 15.0. The van der Waals surface area contributed by atoms with Crippen LogP contribution in [0.15, 0.2) is 52.3 Å². The van der Waals surface area contributed by atoms with Crippen LogP contribution in [0.25, 0.3) is 0 Å². The maximum atomic E-state index is 6.05. The molecule has 1 aliphatic heterocycles. The average Bonchev–Trinajstić information content (AvgIpc) is 2.56. The lowest BCUT2D eigenvalue weighted by Gasteiger charge is -2.14. The minimum atomic E-state index is 0.507. The van der Waals surface area contributed by atoms with E-state index in [1.807, 2.05) is 12.1 Å². The highest BCUT2D eigenvalue weighted by molar-refractivity contribution is 7.99. The molecule has 22 heavy (non-hydrogen) atoms. The van der Waals surface area contributed by atoms with E-state index in [2.05, 4.69) is 44.2 Å². The van der Waals surface area contributed by atoms with E-state index >= 15 is 0 Å². The summed E-state index contributed by atoms with van der Waals surface area (Å²) in [6.45, 7) is 5.91. The zero-order chi connectivity index (χ0) is 15.4. The van der Waals surface area contributed by atoms with Crippen molar-refractivity contribution in [3.8, 4) is 11.5 Å². The van der Waals surface area contributed by atoms with E-state index in [1.54, 1.807) is 11.8 Å². The molecule has 0 amide bonds. The van der Waals surface area contributed by atoms with Crippen LogP contribution in [0.4, 0.5) is 0 Å². The van der Waals surface area contributed by atoms with Crippen LogP contribution in [0.1, 0.15) is 38.2 Å². The van der Waals surface area contributed by atoms with Gasteiger partial charge >= 0.3 is 0 Å². The zero-order valence-electron chi connectivity index (χ0n) is 13.2. The first kappa shape index (κ1) is 15.3. The van der Waals surface area contributed by atoms with Crippen molar-refractivity contribution in [3.63, 3.8) is 0 Å². The molecular weight excluding hydrogens is 292 g/mol. The molecule has 116 valence electrons. The summed E-state index contributed by atoms with van der Waals surface area (Å²) >= 11 is 1.72. The Hall–Kier alpha value is -1.61. The van der Waals surface area contributed by atoms with Gasteiger partial charge in [0, 0.05) is 0 Å². The highest BCUT2D eigenvalue weighted by Crippen LogP contribution is 2.41. The lowest BCUT2D eigenvalue weighted by Crippen LogP contribution is -2.02. The van der Waals surface area contributed by atoms with Crippen molar-refractivity contribution in [2.75, 3.05) is 13.2 Å². The largest absolute Gasteiger partial charge is 0.492 e. The molecule has 2 nitrogen and oxygen atoms in total. The Morgan fingerprint density at radius 3 is 2.32 bits per heavy atom. The van der Waals surface area contributed by atoms with Gasteiger partial charge in [0.25, 0.3) is 0 Å². The minimum Gasteiger partial charge on any atom is -0.492 e. The summed E-state index contributed by atoms with van der Waals surface area (Å²) in [5.74, 6) is 2.47. The van der Waals surface area contributed by atoms with Crippen LogP contribution in [-0.4, -0.2) is 13.2 Å². The molecule has 1 heterocycles. The quantitative estimate of drug-likeness (QED) is 0.691. The van der Waals surface area contributed by atoms with Crippen molar-refractivity contribution in [1.82, 2.24) is 0 Å². The Balaban J connectivity index is 1.98. The van der Waals surface area contributed by atoms with Gasteiger partial charge < -0.3 is 9.47 Å². The molecular formula is C19H22O2S. The van der Waals surface area contributed by atoms with Crippen LogP contribution in [0.5, 0.6) is 11.5 Å². The molecule has 3 heteroatoms. The Morgan fingerprint density at radius 1 is 0.864 bits per heavy atom. The molecule has 0 aliphatic carbocycles. The lowest BCUT2D eigenvalue weighted by molar-refractivity contribution is 0.262. The summed E-state index contributed by atoms with van der Waals surface area (Å²) < 4.78 is 12.0. The summed E-state index contributed by atoms with van der Waals surface area (Å²) in [5, 5.41) is 0. The SMILES string of the molecule is CC(C)c1ccc2c(c1)OCCCCOc1ccccc1S2. The zero-order valence-corrected chi connectivity index (χ0v) is 14.0. The van der Waals surface area contributed by atoms with Crippen LogP contribution < -0.4 is 9.47 Å². The number of hydrogen-bond acceptors (Lipinski definition) is 3. The molecule has 2 aromatic rings. The summed E-state index contributed by atoms with van der Waals surface area (Å²) in [6, 6.07) is 14.8. The van der Waals surface area contributed by atoms with Gasteiger partial charge in [0.1, 0.15) is 11.5 Å². The van der Waals surface area contributed by atoms with Gasteiger partial charge in [0.15, 0.2) is 0 Å². The molecule has 0 atom stereocenters. The van der Waals surface area contributed by atoms with Crippen molar-refractivity contribution in [2.45, 2.75) is 42.4 Å². The van der Waals surface area contributed by atoms with Crippen molar-refractivity contribution >= 4 is 11.8 Å². The third-order valence-corrected chi connectivity index (χ3v) is 4.87. The van der Waals surface area contributed by atoms with E-state index in [9.17, 15) is 0 Å². The van der Waals surface area contributed by atoms with E-state index in [-0.39, 0.29) is 0 Å². The molecule has 2 aromatic carbocycles. The lowest BCUT2D eigenvalue weighted by atomic mass is 10.0. The monoisotopic (exact) mass is 314 g/mol. The third kappa shape index (κ3) is 3.58. The van der Waals surface area contributed by atoms with Gasteiger partial charge in [-0.25, -0.2) is 0 Å². The fourth-order valence-electron chi connectivity index (χ4n) is 2.42. The molecule has 0 N–H and O–H groups in total. The first-order chi connectivity index (χ1) is 10.7. The molecule has 0 bridgehead atoms. The molecule has 1 aliphatic rings. The maximum Gasteiger partial charge on any atom is 0.133 e. The van der Waals surface area contributed by atoms with Crippen LogP contribution in [0.3, 0.4) is 0 Å². The van der Waals surface area contributed by atoms with Gasteiger partial charge in [-0.15, -0.1) is 0 Å². The standard InChI is InChI=1S/C19H22O2S/c1-14(2)15-9-10-19-17(13-15)21-12-6-5-11-20-16-7-3-4-8-18(16)22-19/h3-4,7-10,13-14H,5-6,11-12H2,1-2H3. The van der Waals surface area contributed by atoms with E-state index in [0.29, 0.717) is 5.92 Å². The number of ether oxygens (including phenoxy) is 2. The van der Waals surface area contributed by atoms with Crippen LogP contribution in [0.2, 0.25) is 0 Å². The maximum absolute atomic E-state index is 6.05. The van der Waals surface area contributed by atoms with Gasteiger partial charge in [0.2, 0.25) is 0 Å². The Morgan fingerprint density at radius 2 is 1.55 bits per heavy atom. The van der Waals surface area contributed by atoms with Gasteiger partial charge in [-0.2, -0.15) is 0 Å². The number of para-hydroxylation sites is 1. The summed E-state index contributed by atoms with van der Waals surface area (Å²) in [5.41, 5.74) is 1.32. The smallest absolute Gasteiger partial charge is 0.133 e. The van der Waals surface area contributed by atoms with Crippen molar-refractivity contribution in [1.29, 1.82) is 0 Å². The fourth-order valence-corrected chi connectivity index (χ4v) is 3.39. The molecule has 0 fully saturated rings. The van der Waals surface area contributed by atoms with Crippen LogP contribution >= 0.6 is 11.8 Å². The molecule has 0 saturated carbocycles. The molecule has 0 unspecified atom stereocenters. The second-order valence-electron chi connectivity index (χ2n) is 5.81. The summed E-state index contributed by atoms with van der Waals surface area (Å²) in [7, 11) is 0. The van der Waals surface area contributed by atoms with Crippen LogP contribution in [0, 0.1) is 0 Å². The number of fused-ring (bicyclic) bond motifs is 2. The van der Waals surface area contributed by atoms with Crippen molar-refractivity contribution < 1.29 is 9.47 Å². The average molecular weight is 314 g/mol. The Bertz CT molecular complexity index is 637. The highest BCUT2D eigenvalue weighted by Gasteiger charge is 2.13. The first-order valence-corrected chi connectivity index (χ1v) is 8.72. The Labute approximate surface area is 136 Å². The van der Waals surface area contributed by atoms with E-state index in [0.717, 1.165) is 47.3 Å². The van der Waals surface area contributed by atoms with E-state index in [1.165, 1.54) is 5.56 Å². The Kier molecular flexibility index (Phi) is 4.94. The number of rotatable bonds is 1. The van der Waals surface area contributed by atoms with Crippen molar-refractivity contribution in [2.24, 2.45) is 0 Å². The van der Waals surface area contributed by atoms with E-state index in [4.69, 9.17) is 9.47 Å². The van der Waals surface area contributed by atoms with Gasteiger partial charge in [-0.3, -0.25) is 0 Å². The van der Waals surface area contributed by atoms with Gasteiger partial charge in [0.05, 0.1) is 23.0 Å². The fraction of sp³-hybridized carbons (Fsp3) is 0.368. The molecule has 0 saturated heterocycles. The van der Waals surface area contributed by atoms with Crippen LogP contribution in [-0.2, 0) is 0 Å².